The van der Waals surface area contributed by atoms with Gasteiger partial charge >= 0.3 is 0 Å². The average Bonchev–Trinajstić information content (AvgIpc) is 2.51. The predicted molar refractivity (Wildman–Crippen MR) is 91.1 cm³/mol. The van der Waals surface area contributed by atoms with Gasteiger partial charge in [0.25, 0.3) is 0 Å². The molecule has 1 aliphatic rings. The number of aliphatic hydroxyl groups is 1. The van der Waals surface area contributed by atoms with E-state index in [1.54, 1.807) is 0 Å². The Kier molecular flexibility index (Phi) is 6.52. The largest absolute Gasteiger partial charge is 0.491 e. The Morgan fingerprint density at radius 3 is 2.95 bits per heavy atom. The van der Waals surface area contributed by atoms with Crippen molar-refractivity contribution in [2.24, 2.45) is 5.92 Å². The van der Waals surface area contributed by atoms with E-state index in [4.69, 9.17) is 10.5 Å². The molecule has 1 aromatic rings. The first-order chi connectivity index (χ1) is 10.6. The second-order valence-corrected chi connectivity index (χ2v) is 6.50. The first-order valence-corrected chi connectivity index (χ1v) is 8.52. The molecule has 0 radical (unpaired) electrons. The summed E-state index contributed by atoms with van der Waals surface area (Å²) in [5.41, 5.74) is 7.50. The Morgan fingerprint density at radius 1 is 1.45 bits per heavy atom. The van der Waals surface area contributed by atoms with Gasteiger partial charge in [0, 0.05) is 13.1 Å². The highest BCUT2D eigenvalue weighted by Gasteiger charge is 2.18. The zero-order valence-corrected chi connectivity index (χ0v) is 13.9. The van der Waals surface area contributed by atoms with E-state index in [2.05, 4.69) is 18.7 Å². The van der Waals surface area contributed by atoms with E-state index in [1.165, 1.54) is 12.8 Å². The molecule has 2 atom stereocenters. The van der Waals surface area contributed by atoms with Crippen LogP contribution in [0.2, 0.25) is 0 Å². The minimum Gasteiger partial charge on any atom is -0.491 e. The van der Waals surface area contributed by atoms with E-state index in [0.717, 1.165) is 44.0 Å². The molecule has 4 nitrogen and oxygen atoms in total. The molecule has 2 rings (SSSR count). The molecule has 4 heteroatoms. The molecule has 1 fully saturated rings. The van der Waals surface area contributed by atoms with E-state index in [1.807, 2.05) is 18.2 Å². The van der Waals surface area contributed by atoms with Crippen molar-refractivity contribution in [1.29, 1.82) is 0 Å². The van der Waals surface area contributed by atoms with Gasteiger partial charge in [-0.15, -0.1) is 0 Å². The van der Waals surface area contributed by atoms with Gasteiger partial charge in [0.2, 0.25) is 0 Å². The summed E-state index contributed by atoms with van der Waals surface area (Å²) < 4.78 is 5.57. The average molecular weight is 306 g/mol. The van der Waals surface area contributed by atoms with Crippen molar-refractivity contribution in [3.8, 4) is 5.75 Å². The van der Waals surface area contributed by atoms with E-state index >= 15 is 0 Å². The molecule has 1 heterocycles. The normalized spacial score (nSPS) is 20.8. The van der Waals surface area contributed by atoms with E-state index in [9.17, 15) is 5.11 Å². The summed E-state index contributed by atoms with van der Waals surface area (Å²) in [5, 5.41) is 10.4. The number of benzene rings is 1. The van der Waals surface area contributed by atoms with Crippen molar-refractivity contribution < 1.29 is 9.84 Å². The van der Waals surface area contributed by atoms with Gasteiger partial charge in [-0.1, -0.05) is 19.9 Å². The third-order valence-corrected chi connectivity index (χ3v) is 4.34. The molecule has 2 unspecified atom stereocenters. The van der Waals surface area contributed by atoms with Crippen LogP contribution in [-0.4, -0.2) is 36.2 Å². The number of hydrogen-bond acceptors (Lipinski definition) is 4. The van der Waals surface area contributed by atoms with Gasteiger partial charge in [0.05, 0.1) is 18.4 Å². The molecular formula is C18H30N2O2. The molecule has 124 valence electrons. The number of aliphatic hydroxyl groups excluding tert-OH is 1. The third-order valence-electron chi connectivity index (χ3n) is 4.34. The number of anilines is 1. The van der Waals surface area contributed by atoms with Crippen LogP contribution in [0.25, 0.3) is 0 Å². The molecule has 0 aliphatic carbocycles. The first kappa shape index (κ1) is 17.1. The van der Waals surface area contributed by atoms with Crippen molar-refractivity contribution in [3.05, 3.63) is 23.8 Å². The minimum absolute atomic E-state index is 0.459. The van der Waals surface area contributed by atoms with Gasteiger partial charge < -0.3 is 20.5 Å². The Balaban J connectivity index is 1.86. The van der Waals surface area contributed by atoms with Crippen molar-refractivity contribution in [2.45, 2.75) is 45.6 Å². The van der Waals surface area contributed by atoms with Gasteiger partial charge in [-0.3, -0.25) is 0 Å². The van der Waals surface area contributed by atoms with Crippen molar-refractivity contribution in [2.75, 3.05) is 32.0 Å². The third kappa shape index (κ3) is 4.89. The number of nitrogens with two attached hydrogens (primary N) is 1. The van der Waals surface area contributed by atoms with Gasteiger partial charge in [0.15, 0.2) is 0 Å². The molecule has 0 aromatic heterocycles. The highest BCUT2D eigenvalue weighted by Crippen LogP contribution is 2.27. The first-order valence-electron chi connectivity index (χ1n) is 8.52. The lowest BCUT2D eigenvalue weighted by atomic mass is 9.99. The number of rotatable bonds is 7. The molecule has 3 N–H and O–H groups in total. The fourth-order valence-corrected chi connectivity index (χ4v) is 3.08. The summed E-state index contributed by atoms with van der Waals surface area (Å²) in [6.07, 6.45) is 3.85. The van der Waals surface area contributed by atoms with Gasteiger partial charge in [-0.25, -0.2) is 0 Å². The smallest absolute Gasteiger partial charge is 0.142 e. The molecular weight excluding hydrogens is 276 g/mol. The molecule has 1 aliphatic heterocycles. The standard InChI is InChI=1S/C18H30N2O2/c1-3-11-22-18-7-6-15(12-16(18)19)17(21)8-10-20-9-4-5-14(2)13-20/h6-7,12,14,17,21H,3-5,8-11,13,19H2,1-2H3. The Bertz CT molecular complexity index is 464. The summed E-state index contributed by atoms with van der Waals surface area (Å²) in [7, 11) is 0. The fraction of sp³-hybridized carbons (Fsp3) is 0.667. The van der Waals surface area contributed by atoms with Crippen LogP contribution in [-0.2, 0) is 0 Å². The van der Waals surface area contributed by atoms with Gasteiger partial charge in [0.1, 0.15) is 5.75 Å². The number of nitrogens with zero attached hydrogens (tertiary/aromatic N) is 1. The molecule has 1 saturated heterocycles. The van der Waals surface area contributed by atoms with Crippen LogP contribution in [0.15, 0.2) is 18.2 Å². The SMILES string of the molecule is CCCOc1ccc(C(O)CCN2CCCC(C)C2)cc1N. The fourth-order valence-electron chi connectivity index (χ4n) is 3.08. The van der Waals surface area contributed by atoms with Crippen LogP contribution in [0.1, 0.15) is 51.2 Å². The lowest BCUT2D eigenvalue weighted by Gasteiger charge is -2.31. The highest BCUT2D eigenvalue weighted by atomic mass is 16.5. The van der Waals surface area contributed by atoms with Crippen LogP contribution in [0.3, 0.4) is 0 Å². The summed E-state index contributed by atoms with van der Waals surface area (Å²) in [6, 6.07) is 5.63. The number of ether oxygens (including phenoxy) is 1. The van der Waals surface area contributed by atoms with Gasteiger partial charge in [-0.2, -0.15) is 0 Å². The maximum absolute atomic E-state index is 10.4. The zero-order chi connectivity index (χ0) is 15.9. The van der Waals surface area contributed by atoms with Crippen molar-refractivity contribution in [3.63, 3.8) is 0 Å². The summed E-state index contributed by atoms with van der Waals surface area (Å²) in [5.74, 6) is 1.49. The van der Waals surface area contributed by atoms with Crippen LogP contribution >= 0.6 is 0 Å². The number of nitrogen functional groups attached to an aromatic ring is 1. The summed E-state index contributed by atoms with van der Waals surface area (Å²) >= 11 is 0. The molecule has 0 saturated carbocycles. The maximum Gasteiger partial charge on any atom is 0.142 e. The van der Waals surface area contributed by atoms with Crippen molar-refractivity contribution in [1.82, 2.24) is 4.90 Å². The number of piperidine rings is 1. The molecule has 1 aromatic carbocycles. The van der Waals surface area contributed by atoms with Crippen LogP contribution < -0.4 is 10.5 Å². The lowest BCUT2D eigenvalue weighted by molar-refractivity contribution is 0.122. The minimum atomic E-state index is -0.459. The summed E-state index contributed by atoms with van der Waals surface area (Å²) in [4.78, 5) is 2.46. The topological polar surface area (TPSA) is 58.7 Å². The Hall–Kier alpha value is -1.26. The van der Waals surface area contributed by atoms with Crippen LogP contribution in [0, 0.1) is 5.92 Å². The zero-order valence-electron chi connectivity index (χ0n) is 13.9. The lowest BCUT2D eigenvalue weighted by Crippen LogP contribution is -2.35. The maximum atomic E-state index is 10.4. The van der Waals surface area contributed by atoms with Crippen LogP contribution in [0.4, 0.5) is 5.69 Å². The monoisotopic (exact) mass is 306 g/mol. The number of likely N-dealkylation sites (tertiary alicyclic amines) is 1. The number of hydrogen-bond donors (Lipinski definition) is 2. The quantitative estimate of drug-likeness (QED) is 0.759. The van der Waals surface area contributed by atoms with Crippen molar-refractivity contribution >= 4 is 5.69 Å². The summed E-state index contributed by atoms with van der Waals surface area (Å²) in [6.45, 7) is 8.29. The molecule has 22 heavy (non-hydrogen) atoms. The second-order valence-electron chi connectivity index (χ2n) is 6.50. The molecule has 0 amide bonds. The second kappa shape index (κ2) is 8.39. The van der Waals surface area contributed by atoms with E-state index in [0.29, 0.717) is 18.0 Å². The Morgan fingerprint density at radius 2 is 2.27 bits per heavy atom. The predicted octanol–water partition coefficient (Wildman–Crippen LogP) is 3.21. The van der Waals surface area contributed by atoms with Crippen LogP contribution in [0.5, 0.6) is 5.75 Å². The van der Waals surface area contributed by atoms with E-state index < -0.39 is 6.10 Å². The van der Waals surface area contributed by atoms with E-state index in [-0.39, 0.29) is 0 Å². The molecule has 0 bridgehead atoms. The highest BCUT2D eigenvalue weighted by molar-refractivity contribution is 5.54. The van der Waals surface area contributed by atoms with Gasteiger partial charge in [-0.05, 0) is 55.8 Å². The molecule has 0 spiro atoms. The Labute approximate surface area is 134 Å².